The third kappa shape index (κ3) is 7.23. The monoisotopic (exact) mass is 444 g/mol. The Morgan fingerprint density at radius 2 is 2.17 bits per heavy atom. The minimum absolute atomic E-state index is 0. The Morgan fingerprint density at radius 3 is 2.78 bits per heavy atom. The highest BCUT2D eigenvalue weighted by atomic mass is 127. The SMILES string of the molecule is I.NC(=NCc1cccnc1OCC(F)(F)F)NCC1CCC1. The van der Waals surface area contributed by atoms with E-state index in [-0.39, 0.29) is 42.4 Å². The van der Waals surface area contributed by atoms with Crippen molar-refractivity contribution in [2.24, 2.45) is 16.6 Å². The molecule has 23 heavy (non-hydrogen) atoms. The van der Waals surface area contributed by atoms with Gasteiger partial charge in [-0.25, -0.2) is 9.98 Å². The summed E-state index contributed by atoms with van der Waals surface area (Å²) in [5.74, 6) is 0.839. The topological polar surface area (TPSA) is 72.5 Å². The van der Waals surface area contributed by atoms with E-state index in [2.05, 4.69) is 15.3 Å². The molecule has 1 aliphatic rings. The Labute approximate surface area is 149 Å². The van der Waals surface area contributed by atoms with Crippen LogP contribution in [0, 0.1) is 5.92 Å². The van der Waals surface area contributed by atoms with Gasteiger partial charge in [-0.15, -0.1) is 24.0 Å². The Balaban J connectivity index is 0.00000264. The number of aromatic nitrogens is 1. The van der Waals surface area contributed by atoms with Gasteiger partial charge >= 0.3 is 6.18 Å². The zero-order chi connectivity index (χ0) is 16.0. The maximum absolute atomic E-state index is 12.2. The molecule has 1 fully saturated rings. The molecule has 0 saturated heterocycles. The second-order valence-corrected chi connectivity index (χ2v) is 5.25. The van der Waals surface area contributed by atoms with Gasteiger partial charge in [0.1, 0.15) is 0 Å². The molecule has 1 heterocycles. The fraction of sp³-hybridized carbons (Fsp3) is 0.571. The normalized spacial score (nSPS) is 15.5. The molecule has 5 nitrogen and oxygen atoms in total. The number of guanidine groups is 1. The van der Waals surface area contributed by atoms with Crippen molar-refractivity contribution in [2.45, 2.75) is 32.0 Å². The van der Waals surface area contributed by atoms with Crippen molar-refractivity contribution in [2.75, 3.05) is 13.2 Å². The number of pyridine rings is 1. The number of nitrogens with one attached hydrogen (secondary N) is 1. The van der Waals surface area contributed by atoms with Crippen LogP contribution in [0.1, 0.15) is 24.8 Å². The Morgan fingerprint density at radius 1 is 1.43 bits per heavy atom. The van der Waals surface area contributed by atoms with E-state index in [9.17, 15) is 13.2 Å². The first-order valence-electron chi connectivity index (χ1n) is 7.11. The number of nitrogens with two attached hydrogens (primary N) is 1. The third-order valence-electron chi connectivity index (χ3n) is 3.44. The number of hydrogen-bond donors (Lipinski definition) is 2. The second kappa shape index (κ2) is 9.14. The third-order valence-corrected chi connectivity index (χ3v) is 3.44. The van der Waals surface area contributed by atoms with E-state index in [0.717, 1.165) is 6.54 Å². The predicted octanol–water partition coefficient (Wildman–Crippen LogP) is 2.85. The molecule has 9 heteroatoms. The summed E-state index contributed by atoms with van der Waals surface area (Å²) in [6.07, 6.45) is 0.605. The highest BCUT2D eigenvalue weighted by Crippen LogP contribution is 2.25. The molecule has 1 saturated carbocycles. The van der Waals surface area contributed by atoms with Gasteiger partial charge in [-0.1, -0.05) is 12.5 Å². The van der Waals surface area contributed by atoms with Gasteiger partial charge < -0.3 is 15.8 Å². The first-order chi connectivity index (χ1) is 10.4. The smallest absolute Gasteiger partial charge is 0.422 e. The van der Waals surface area contributed by atoms with E-state index in [1.165, 1.54) is 25.5 Å². The maximum Gasteiger partial charge on any atom is 0.422 e. The van der Waals surface area contributed by atoms with Crippen LogP contribution < -0.4 is 15.8 Å². The van der Waals surface area contributed by atoms with Gasteiger partial charge in [0.25, 0.3) is 0 Å². The standard InChI is InChI=1S/C14H19F3N4O.HI/c15-14(16,17)9-22-12-11(5-2-6-19-12)8-21-13(18)20-7-10-3-1-4-10;/h2,5-6,10H,1,3-4,7-9H2,(H3,18,20,21);1H. The summed E-state index contributed by atoms with van der Waals surface area (Å²) in [5.41, 5.74) is 6.20. The lowest BCUT2D eigenvalue weighted by molar-refractivity contribution is -0.154. The summed E-state index contributed by atoms with van der Waals surface area (Å²) in [4.78, 5) is 7.92. The summed E-state index contributed by atoms with van der Waals surface area (Å²) < 4.78 is 41.3. The molecule has 2 rings (SSSR count). The fourth-order valence-electron chi connectivity index (χ4n) is 2.00. The molecule has 130 valence electrons. The van der Waals surface area contributed by atoms with Crippen molar-refractivity contribution in [3.8, 4) is 5.88 Å². The Hall–Kier alpha value is -1.26. The quantitative estimate of drug-likeness (QED) is 0.402. The molecule has 0 bridgehead atoms. The number of alkyl halides is 3. The van der Waals surface area contributed by atoms with Gasteiger partial charge in [-0.05, 0) is 24.8 Å². The van der Waals surface area contributed by atoms with Crippen molar-refractivity contribution in [1.29, 1.82) is 0 Å². The molecule has 3 N–H and O–H groups in total. The van der Waals surface area contributed by atoms with Crippen LogP contribution in [0.4, 0.5) is 13.2 Å². The van der Waals surface area contributed by atoms with Gasteiger partial charge in [0.05, 0.1) is 6.54 Å². The number of ether oxygens (including phenoxy) is 1. The van der Waals surface area contributed by atoms with Crippen molar-refractivity contribution >= 4 is 29.9 Å². The van der Waals surface area contributed by atoms with E-state index < -0.39 is 12.8 Å². The van der Waals surface area contributed by atoms with Crippen molar-refractivity contribution < 1.29 is 17.9 Å². The lowest BCUT2D eigenvalue weighted by atomic mass is 9.85. The van der Waals surface area contributed by atoms with Gasteiger partial charge in [0.2, 0.25) is 5.88 Å². The molecular formula is C14H20F3IN4O. The van der Waals surface area contributed by atoms with Crippen molar-refractivity contribution in [3.63, 3.8) is 0 Å². The number of hydrogen-bond acceptors (Lipinski definition) is 3. The average Bonchev–Trinajstić information content (AvgIpc) is 2.41. The van der Waals surface area contributed by atoms with Crippen LogP contribution in [0.5, 0.6) is 5.88 Å². The van der Waals surface area contributed by atoms with Crippen LogP contribution in [0.25, 0.3) is 0 Å². The molecule has 0 radical (unpaired) electrons. The van der Waals surface area contributed by atoms with Crippen LogP contribution in [-0.2, 0) is 6.54 Å². The van der Waals surface area contributed by atoms with Gasteiger partial charge in [-0.3, -0.25) is 0 Å². The van der Waals surface area contributed by atoms with Crippen LogP contribution in [0.2, 0.25) is 0 Å². The van der Waals surface area contributed by atoms with Gasteiger partial charge in [-0.2, -0.15) is 13.2 Å². The molecular weight excluding hydrogens is 424 g/mol. The molecule has 0 aliphatic heterocycles. The molecule has 1 aromatic heterocycles. The summed E-state index contributed by atoms with van der Waals surface area (Å²) in [6.45, 7) is -0.486. The fourth-order valence-corrected chi connectivity index (χ4v) is 2.00. The van der Waals surface area contributed by atoms with E-state index in [4.69, 9.17) is 10.5 Å². The summed E-state index contributed by atoms with van der Waals surface area (Å²) in [6, 6.07) is 3.23. The van der Waals surface area contributed by atoms with Crippen molar-refractivity contribution in [1.82, 2.24) is 10.3 Å². The zero-order valence-corrected chi connectivity index (χ0v) is 14.8. The van der Waals surface area contributed by atoms with Crippen LogP contribution in [-0.4, -0.2) is 30.3 Å². The second-order valence-electron chi connectivity index (χ2n) is 5.25. The molecule has 0 spiro atoms. The molecule has 0 atom stereocenters. The average molecular weight is 444 g/mol. The zero-order valence-electron chi connectivity index (χ0n) is 12.5. The van der Waals surface area contributed by atoms with Crippen LogP contribution in [0.3, 0.4) is 0 Å². The summed E-state index contributed by atoms with van der Waals surface area (Å²) in [5, 5.41) is 3.02. The molecule has 1 aliphatic carbocycles. The van der Waals surface area contributed by atoms with Crippen molar-refractivity contribution in [3.05, 3.63) is 23.9 Å². The minimum atomic E-state index is -4.40. The molecule has 0 unspecified atom stereocenters. The predicted molar refractivity (Wildman–Crippen MR) is 91.9 cm³/mol. The number of nitrogens with zero attached hydrogens (tertiary/aromatic N) is 2. The largest absolute Gasteiger partial charge is 0.468 e. The number of aliphatic imine (C=N–C) groups is 1. The highest BCUT2D eigenvalue weighted by Gasteiger charge is 2.29. The molecule has 0 amide bonds. The van der Waals surface area contributed by atoms with Crippen LogP contribution in [0.15, 0.2) is 23.3 Å². The summed E-state index contributed by atoms with van der Waals surface area (Å²) in [7, 11) is 0. The molecule has 1 aromatic rings. The Kier molecular flexibility index (Phi) is 7.86. The van der Waals surface area contributed by atoms with Gasteiger partial charge in [0, 0.05) is 18.3 Å². The number of halogens is 4. The molecule has 0 aromatic carbocycles. The number of rotatable bonds is 6. The van der Waals surface area contributed by atoms with E-state index >= 15 is 0 Å². The van der Waals surface area contributed by atoms with Crippen LogP contribution >= 0.6 is 24.0 Å². The lowest BCUT2D eigenvalue weighted by Gasteiger charge is -2.25. The van der Waals surface area contributed by atoms with E-state index in [1.54, 1.807) is 12.1 Å². The van der Waals surface area contributed by atoms with E-state index in [0.29, 0.717) is 11.5 Å². The van der Waals surface area contributed by atoms with Gasteiger partial charge in [0.15, 0.2) is 12.6 Å². The minimum Gasteiger partial charge on any atom is -0.468 e. The highest BCUT2D eigenvalue weighted by molar-refractivity contribution is 14.0. The lowest BCUT2D eigenvalue weighted by Crippen LogP contribution is -2.37. The first kappa shape index (κ1) is 19.8. The Bertz CT molecular complexity index is 521. The van der Waals surface area contributed by atoms with E-state index in [1.807, 2.05) is 0 Å². The summed E-state index contributed by atoms with van der Waals surface area (Å²) >= 11 is 0. The maximum atomic E-state index is 12.2. The first-order valence-corrected chi connectivity index (χ1v) is 7.11.